The minimum atomic E-state index is -1.04. The van der Waals surface area contributed by atoms with Crippen LogP contribution in [0.4, 0.5) is 0 Å². The molecular formula is C22H20OS. The maximum atomic E-state index is 12.2. The van der Waals surface area contributed by atoms with Gasteiger partial charge < -0.3 is 0 Å². The van der Waals surface area contributed by atoms with E-state index in [1.54, 1.807) is 6.26 Å². The van der Waals surface area contributed by atoms with Gasteiger partial charge in [-0.05, 0) is 41.3 Å². The molecule has 0 fully saturated rings. The number of aryl methyl sites for hydroxylation is 1. The first-order valence-corrected chi connectivity index (χ1v) is 9.47. The Morgan fingerprint density at radius 3 is 2.12 bits per heavy atom. The van der Waals surface area contributed by atoms with E-state index in [1.807, 2.05) is 48.5 Å². The van der Waals surface area contributed by atoms with Crippen molar-refractivity contribution in [2.24, 2.45) is 0 Å². The molecule has 0 spiro atoms. The van der Waals surface area contributed by atoms with Crippen molar-refractivity contribution in [3.05, 3.63) is 101 Å². The van der Waals surface area contributed by atoms with Crippen molar-refractivity contribution in [3.8, 4) is 0 Å². The van der Waals surface area contributed by atoms with Crippen molar-refractivity contribution in [1.82, 2.24) is 0 Å². The molecule has 1 unspecified atom stereocenters. The maximum Gasteiger partial charge on any atom is 0.0504 e. The SMILES string of the molecule is Cc1ccc(S(C)=O)c(/C(=C/c2ccccc2)c2ccccc2)c1. The van der Waals surface area contributed by atoms with Gasteiger partial charge in [0.05, 0.1) is 10.8 Å². The normalized spacial score (nSPS) is 12.8. The average molecular weight is 332 g/mol. The van der Waals surface area contributed by atoms with Gasteiger partial charge in [-0.1, -0.05) is 78.4 Å². The highest BCUT2D eigenvalue weighted by Crippen LogP contribution is 2.31. The lowest BCUT2D eigenvalue weighted by atomic mass is 9.94. The van der Waals surface area contributed by atoms with Gasteiger partial charge in [-0.3, -0.25) is 4.21 Å². The molecule has 0 saturated carbocycles. The topological polar surface area (TPSA) is 17.1 Å². The Hall–Kier alpha value is -2.45. The van der Waals surface area contributed by atoms with Crippen LogP contribution in [-0.4, -0.2) is 10.5 Å². The van der Waals surface area contributed by atoms with Crippen molar-refractivity contribution in [1.29, 1.82) is 0 Å². The number of rotatable bonds is 4. The molecule has 0 saturated heterocycles. The van der Waals surface area contributed by atoms with Gasteiger partial charge in [0.15, 0.2) is 0 Å². The van der Waals surface area contributed by atoms with Gasteiger partial charge in [0.2, 0.25) is 0 Å². The lowest BCUT2D eigenvalue weighted by Crippen LogP contribution is -1.98. The first kappa shape index (κ1) is 16.4. The van der Waals surface area contributed by atoms with Crippen LogP contribution >= 0.6 is 0 Å². The van der Waals surface area contributed by atoms with E-state index in [9.17, 15) is 4.21 Å². The molecule has 120 valence electrons. The summed E-state index contributed by atoms with van der Waals surface area (Å²) < 4.78 is 12.2. The summed E-state index contributed by atoms with van der Waals surface area (Å²) in [5, 5.41) is 0. The standard InChI is InChI=1S/C22H20OS/c1-17-13-14-22(24(2)23)21(15-17)20(19-11-7-4-8-12-19)16-18-9-5-3-6-10-18/h3-16H,1-2H3/b20-16+. The molecule has 0 heterocycles. The van der Waals surface area contributed by atoms with Gasteiger partial charge in [-0.2, -0.15) is 0 Å². The summed E-state index contributed by atoms with van der Waals surface area (Å²) in [4.78, 5) is 0.867. The molecule has 0 aliphatic heterocycles. The van der Waals surface area contributed by atoms with Gasteiger partial charge in [-0.15, -0.1) is 0 Å². The molecule has 0 bridgehead atoms. The zero-order valence-corrected chi connectivity index (χ0v) is 14.7. The molecule has 0 aliphatic rings. The summed E-state index contributed by atoms with van der Waals surface area (Å²) in [5.74, 6) is 0. The third-order valence-electron chi connectivity index (χ3n) is 3.93. The molecule has 3 aromatic rings. The van der Waals surface area contributed by atoms with Crippen LogP contribution in [0.2, 0.25) is 0 Å². The fourth-order valence-electron chi connectivity index (χ4n) is 2.76. The molecule has 1 atom stereocenters. The third kappa shape index (κ3) is 3.72. The molecule has 3 rings (SSSR count). The second-order valence-electron chi connectivity index (χ2n) is 5.79. The van der Waals surface area contributed by atoms with Crippen molar-refractivity contribution in [3.63, 3.8) is 0 Å². The highest BCUT2D eigenvalue weighted by molar-refractivity contribution is 7.84. The van der Waals surface area contributed by atoms with Crippen LogP contribution in [0.15, 0.2) is 83.8 Å². The predicted octanol–water partition coefficient (Wildman–Crippen LogP) is 5.32. The van der Waals surface area contributed by atoms with E-state index in [4.69, 9.17) is 0 Å². The van der Waals surface area contributed by atoms with E-state index in [1.165, 1.54) is 0 Å². The van der Waals surface area contributed by atoms with Gasteiger partial charge in [0.25, 0.3) is 0 Å². The van der Waals surface area contributed by atoms with Crippen LogP contribution in [0.25, 0.3) is 11.6 Å². The Morgan fingerprint density at radius 2 is 1.50 bits per heavy atom. The second kappa shape index (κ2) is 7.41. The smallest absolute Gasteiger partial charge is 0.0504 e. The van der Waals surface area contributed by atoms with Crippen molar-refractivity contribution in [2.45, 2.75) is 11.8 Å². The van der Waals surface area contributed by atoms with E-state index in [2.05, 4.69) is 43.3 Å². The molecular weight excluding hydrogens is 312 g/mol. The number of benzene rings is 3. The number of hydrogen-bond acceptors (Lipinski definition) is 1. The highest BCUT2D eigenvalue weighted by Gasteiger charge is 2.13. The zero-order valence-electron chi connectivity index (χ0n) is 13.9. The highest BCUT2D eigenvalue weighted by atomic mass is 32.2. The lowest BCUT2D eigenvalue weighted by molar-refractivity contribution is 0.686. The molecule has 0 aromatic heterocycles. The molecule has 0 radical (unpaired) electrons. The third-order valence-corrected chi connectivity index (χ3v) is 4.91. The van der Waals surface area contributed by atoms with E-state index in [-0.39, 0.29) is 0 Å². The fourth-order valence-corrected chi connectivity index (χ4v) is 3.49. The van der Waals surface area contributed by atoms with Gasteiger partial charge in [-0.25, -0.2) is 0 Å². The van der Waals surface area contributed by atoms with Gasteiger partial charge in [0, 0.05) is 11.2 Å². The Kier molecular flexibility index (Phi) is 5.07. The van der Waals surface area contributed by atoms with E-state index < -0.39 is 10.8 Å². The van der Waals surface area contributed by atoms with Crippen LogP contribution in [-0.2, 0) is 10.8 Å². The summed E-state index contributed by atoms with van der Waals surface area (Å²) in [6.07, 6.45) is 3.90. The summed E-state index contributed by atoms with van der Waals surface area (Å²) in [7, 11) is -1.04. The van der Waals surface area contributed by atoms with E-state index in [0.29, 0.717) is 0 Å². The second-order valence-corrected chi connectivity index (χ2v) is 7.14. The van der Waals surface area contributed by atoms with Crippen molar-refractivity contribution >= 4 is 22.4 Å². The number of hydrogen-bond donors (Lipinski definition) is 0. The Morgan fingerprint density at radius 1 is 0.875 bits per heavy atom. The summed E-state index contributed by atoms with van der Waals surface area (Å²) >= 11 is 0. The largest absolute Gasteiger partial charge is 0.255 e. The van der Waals surface area contributed by atoms with Crippen LogP contribution in [0.3, 0.4) is 0 Å². The first-order valence-electron chi connectivity index (χ1n) is 7.92. The van der Waals surface area contributed by atoms with Crippen LogP contribution in [0.5, 0.6) is 0 Å². The molecule has 0 N–H and O–H groups in total. The minimum Gasteiger partial charge on any atom is -0.255 e. The van der Waals surface area contributed by atoms with Gasteiger partial charge >= 0.3 is 0 Å². The van der Waals surface area contributed by atoms with Gasteiger partial charge in [0.1, 0.15) is 0 Å². The fraction of sp³-hybridized carbons (Fsp3) is 0.0909. The van der Waals surface area contributed by atoms with Crippen LogP contribution < -0.4 is 0 Å². The van der Waals surface area contributed by atoms with E-state index in [0.717, 1.165) is 32.7 Å². The van der Waals surface area contributed by atoms with E-state index >= 15 is 0 Å². The molecule has 3 aromatic carbocycles. The quantitative estimate of drug-likeness (QED) is 0.591. The monoisotopic (exact) mass is 332 g/mol. The Labute approximate surface area is 146 Å². The first-order chi connectivity index (χ1) is 11.6. The van der Waals surface area contributed by atoms with Crippen molar-refractivity contribution < 1.29 is 4.21 Å². The van der Waals surface area contributed by atoms with Crippen LogP contribution in [0.1, 0.15) is 22.3 Å². The predicted molar refractivity (Wildman–Crippen MR) is 103 cm³/mol. The minimum absolute atomic E-state index is 0.867. The molecule has 0 amide bonds. The Balaban J connectivity index is 2.25. The molecule has 1 nitrogen and oxygen atoms in total. The molecule has 0 aliphatic carbocycles. The summed E-state index contributed by atoms with van der Waals surface area (Å²) in [6, 6.07) is 26.6. The lowest BCUT2D eigenvalue weighted by Gasteiger charge is -2.14. The van der Waals surface area contributed by atoms with Crippen LogP contribution in [0, 0.1) is 6.92 Å². The molecule has 2 heteroatoms. The summed E-state index contributed by atoms with van der Waals surface area (Å²) in [5.41, 5.74) is 5.54. The molecule has 24 heavy (non-hydrogen) atoms. The van der Waals surface area contributed by atoms with Crippen molar-refractivity contribution in [2.75, 3.05) is 6.26 Å². The maximum absolute atomic E-state index is 12.2. The summed E-state index contributed by atoms with van der Waals surface area (Å²) in [6.45, 7) is 2.07. The Bertz CT molecular complexity index is 880. The zero-order chi connectivity index (χ0) is 16.9. The average Bonchev–Trinajstić information content (AvgIpc) is 2.61.